The molecule has 238 valence electrons. The normalized spacial score (nSPS) is 13.7. The molecule has 1 aromatic heterocycles. The minimum absolute atomic E-state index is 0.651. The Morgan fingerprint density at radius 1 is 0.500 bits per heavy atom. The molecule has 0 atom stereocenters. The van der Waals surface area contributed by atoms with Crippen molar-refractivity contribution in [1.82, 2.24) is 15.0 Å². The highest BCUT2D eigenvalue weighted by Gasteiger charge is 2.18. The molecular formula is C46H34N4. The van der Waals surface area contributed by atoms with Gasteiger partial charge in [-0.15, -0.1) is 0 Å². The van der Waals surface area contributed by atoms with Crippen molar-refractivity contribution in [1.29, 1.82) is 5.26 Å². The van der Waals surface area contributed by atoms with Crippen LogP contribution in [-0.2, 0) is 0 Å². The van der Waals surface area contributed by atoms with Gasteiger partial charge in [0.2, 0.25) is 0 Å². The highest BCUT2D eigenvalue weighted by molar-refractivity contribution is 5.96. The monoisotopic (exact) mass is 642 g/mol. The fraction of sp³-hybridized carbons (Fsp3) is 0.0870. The molecule has 2 aliphatic carbocycles. The topological polar surface area (TPSA) is 62.5 Å². The van der Waals surface area contributed by atoms with E-state index in [2.05, 4.69) is 140 Å². The summed E-state index contributed by atoms with van der Waals surface area (Å²) in [5.74, 6) is 2.14. The molecule has 0 radical (unpaired) electrons. The van der Waals surface area contributed by atoms with Gasteiger partial charge in [0.25, 0.3) is 0 Å². The van der Waals surface area contributed by atoms with Crippen LogP contribution in [0.15, 0.2) is 158 Å². The summed E-state index contributed by atoms with van der Waals surface area (Å²) >= 11 is 0. The summed E-state index contributed by atoms with van der Waals surface area (Å²) in [6.07, 6.45) is 16.9. The number of allylic oxidation sites excluding steroid dienone is 8. The predicted molar refractivity (Wildman–Crippen MR) is 204 cm³/mol. The van der Waals surface area contributed by atoms with Crippen molar-refractivity contribution < 1.29 is 0 Å². The van der Waals surface area contributed by atoms with E-state index in [1.807, 2.05) is 24.3 Å². The Bertz CT molecular complexity index is 2390. The SMILES string of the molecule is N#Cc1ccc(-c2ccccc2-c2ccccc2-c2ccccc2-c2cccc(-c3nc(C4=CCCC=C4)nc(C4=CC=CCC4)n3)c2)cc1. The molecule has 0 N–H and O–H groups in total. The van der Waals surface area contributed by atoms with E-state index in [4.69, 9.17) is 15.0 Å². The lowest BCUT2D eigenvalue weighted by Gasteiger charge is -2.17. The van der Waals surface area contributed by atoms with Crippen molar-refractivity contribution in [2.45, 2.75) is 25.7 Å². The third-order valence-electron chi connectivity index (χ3n) is 9.31. The highest BCUT2D eigenvalue weighted by Crippen LogP contribution is 2.42. The third-order valence-corrected chi connectivity index (χ3v) is 9.31. The summed E-state index contributed by atoms with van der Waals surface area (Å²) in [7, 11) is 0. The van der Waals surface area contributed by atoms with Gasteiger partial charge in [-0.2, -0.15) is 5.26 Å². The van der Waals surface area contributed by atoms with Crippen molar-refractivity contribution in [3.8, 4) is 62.0 Å². The van der Waals surface area contributed by atoms with E-state index in [1.54, 1.807) is 0 Å². The molecule has 0 fully saturated rings. The second kappa shape index (κ2) is 14.0. The van der Waals surface area contributed by atoms with E-state index >= 15 is 0 Å². The minimum atomic E-state index is 0.651. The van der Waals surface area contributed by atoms with Gasteiger partial charge in [-0.05, 0) is 94.0 Å². The standard InChI is InChI=1S/C46H34N4/c47-31-32-26-28-33(29-27-32)38-20-7-9-22-40(38)42-24-11-12-25-43(42)41-23-10-8-21-39(41)36-18-13-19-37(30-36)46-49-44(34-14-3-1-4-15-34)48-45(50-46)35-16-5-2-6-17-35/h1,3,5,7-14,16-30H,2,4,6,15H2. The van der Waals surface area contributed by atoms with Crippen LogP contribution in [0, 0.1) is 11.3 Å². The molecule has 0 saturated carbocycles. The molecule has 2 aliphatic rings. The number of nitriles is 1. The lowest BCUT2D eigenvalue weighted by atomic mass is 9.86. The molecule has 4 nitrogen and oxygen atoms in total. The van der Waals surface area contributed by atoms with Gasteiger partial charge in [-0.3, -0.25) is 0 Å². The number of hydrogen-bond donors (Lipinski definition) is 0. The summed E-state index contributed by atoms with van der Waals surface area (Å²) in [4.78, 5) is 15.0. The molecule has 1 heterocycles. The zero-order chi connectivity index (χ0) is 33.7. The molecule has 0 unspecified atom stereocenters. The van der Waals surface area contributed by atoms with Crippen LogP contribution >= 0.6 is 0 Å². The van der Waals surface area contributed by atoms with Crippen LogP contribution in [0.5, 0.6) is 0 Å². The summed E-state index contributed by atoms with van der Waals surface area (Å²) in [5.41, 5.74) is 12.8. The molecule has 6 aromatic rings. The van der Waals surface area contributed by atoms with Gasteiger partial charge in [0.05, 0.1) is 11.6 Å². The maximum Gasteiger partial charge on any atom is 0.164 e. The van der Waals surface area contributed by atoms with Gasteiger partial charge >= 0.3 is 0 Å². The zero-order valence-corrected chi connectivity index (χ0v) is 27.6. The Balaban J connectivity index is 1.23. The fourth-order valence-corrected chi connectivity index (χ4v) is 6.79. The van der Waals surface area contributed by atoms with E-state index < -0.39 is 0 Å². The van der Waals surface area contributed by atoms with E-state index in [1.165, 1.54) is 0 Å². The average Bonchev–Trinajstić information content (AvgIpc) is 3.21. The molecule has 5 aromatic carbocycles. The Morgan fingerprint density at radius 3 is 1.72 bits per heavy atom. The fourth-order valence-electron chi connectivity index (χ4n) is 6.79. The van der Waals surface area contributed by atoms with E-state index in [0.717, 1.165) is 98.5 Å². The van der Waals surface area contributed by atoms with Crippen LogP contribution in [0.3, 0.4) is 0 Å². The smallest absolute Gasteiger partial charge is 0.164 e. The number of hydrogen-bond acceptors (Lipinski definition) is 4. The van der Waals surface area contributed by atoms with Gasteiger partial charge < -0.3 is 0 Å². The Labute approximate surface area is 293 Å². The summed E-state index contributed by atoms with van der Waals surface area (Å²) in [5, 5.41) is 9.36. The van der Waals surface area contributed by atoms with E-state index in [-0.39, 0.29) is 0 Å². The van der Waals surface area contributed by atoms with Crippen LogP contribution in [0.25, 0.3) is 67.0 Å². The molecule has 0 amide bonds. The zero-order valence-electron chi connectivity index (χ0n) is 27.6. The van der Waals surface area contributed by atoms with Gasteiger partial charge in [-0.1, -0.05) is 140 Å². The quantitative estimate of drug-likeness (QED) is 0.174. The lowest BCUT2D eigenvalue weighted by molar-refractivity contribution is 0.952. The number of aromatic nitrogens is 3. The second-order valence-electron chi connectivity index (χ2n) is 12.5. The van der Waals surface area contributed by atoms with Crippen molar-refractivity contribution in [3.05, 3.63) is 175 Å². The summed E-state index contributed by atoms with van der Waals surface area (Å²) in [6.45, 7) is 0. The Hall–Kier alpha value is -6.44. The second-order valence-corrected chi connectivity index (χ2v) is 12.5. The van der Waals surface area contributed by atoms with Gasteiger partial charge in [0.1, 0.15) is 0 Å². The molecular weight excluding hydrogens is 609 g/mol. The lowest BCUT2D eigenvalue weighted by Crippen LogP contribution is -2.06. The first-order valence-corrected chi connectivity index (χ1v) is 17.1. The summed E-state index contributed by atoms with van der Waals surface area (Å²) in [6, 6.07) is 44.3. The molecule has 0 saturated heterocycles. The predicted octanol–water partition coefficient (Wildman–Crippen LogP) is 11.5. The molecule has 4 heteroatoms. The van der Waals surface area contributed by atoms with Crippen molar-refractivity contribution in [2.75, 3.05) is 0 Å². The Morgan fingerprint density at radius 2 is 1.10 bits per heavy atom. The molecule has 50 heavy (non-hydrogen) atoms. The van der Waals surface area contributed by atoms with Gasteiger partial charge in [0.15, 0.2) is 17.5 Å². The molecule has 8 rings (SSSR count). The number of rotatable bonds is 7. The van der Waals surface area contributed by atoms with Crippen molar-refractivity contribution in [3.63, 3.8) is 0 Å². The molecule has 0 spiro atoms. The van der Waals surface area contributed by atoms with Crippen LogP contribution in [0.2, 0.25) is 0 Å². The molecule has 0 bridgehead atoms. The number of benzene rings is 5. The maximum atomic E-state index is 9.36. The largest absolute Gasteiger partial charge is 0.209 e. The van der Waals surface area contributed by atoms with Crippen molar-refractivity contribution in [2.24, 2.45) is 0 Å². The van der Waals surface area contributed by atoms with Crippen LogP contribution in [-0.4, -0.2) is 15.0 Å². The Kier molecular flexibility index (Phi) is 8.62. The first-order chi connectivity index (χ1) is 24.7. The highest BCUT2D eigenvalue weighted by atomic mass is 15.0. The first kappa shape index (κ1) is 30.9. The maximum absolute atomic E-state index is 9.36. The van der Waals surface area contributed by atoms with E-state index in [9.17, 15) is 5.26 Å². The third kappa shape index (κ3) is 6.25. The van der Waals surface area contributed by atoms with Crippen LogP contribution < -0.4 is 0 Å². The molecule has 0 aliphatic heterocycles. The first-order valence-electron chi connectivity index (χ1n) is 17.1. The van der Waals surface area contributed by atoms with Gasteiger partial charge in [-0.25, -0.2) is 15.0 Å². The van der Waals surface area contributed by atoms with Crippen LogP contribution in [0.1, 0.15) is 42.9 Å². The summed E-state index contributed by atoms with van der Waals surface area (Å²) < 4.78 is 0. The van der Waals surface area contributed by atoms with Gasteiger partial charge in [0, 0.05) is 11.1 Å². The minimum Gasteiger partial charge on any atom is -0.209 e. The number of nitrogens with zero attached hydrogens (tertiary/aromatic N) is 4. The van der Waals surface area contributed by atoms with E-state index in [0.29, 0.717) is 11.4 Å². The average molecular weight is 643 g/mol. The van der Waals surface area contributed by atoms with Crippen LogP contribution in [0.4, 0.5) is 0 Å². The van der Waals surface area contributed by atoms with Crippen molar-refractivity contribution >= 4 is 11.1 Å².